The topological polar surface area (TPSA) is 83.6 Å². The predicted octanol–water partition coefficient (Wildman–Crippen LogP) is 3.97. The molecule has 0 radical (unpaired) electrons. The molecule has 8 heteroatoms. The minimum atomic E-state index is -0.947. The Kier molecular flexibility index (Phi) is 4.12. The summed E-state index contributed by atoms with van der Waals surface area (Å²) in [6.45, 7) is 1.66. The Bertz CT molecular complexity index is 1050. The van der Waals surface area contributed by atoms with Crippen LogP contribution in [0.15, 0.2) is 63.7 Å². The first-order valence-corrected chi connectivity index (χ1v) is 8.89. The molecule has 6 nitrogen and oxygen atoms in total. The van der Waals surface area contributed by atoms with Crippen molar-refractivity contribution in [3.05, 3.63) is 81.2 Å². The summed E-state index contributed by atoms with van der Waals surface area (Å²) in [6, 6.07) is 9.29. The summed E-state index contributed by atoms with van der Waals surface area (Å²) < 4.78 is 18.4. The SMILES string of the molecule is Cc1cc(N2C(=O)C(O)=C(C(=O)c3cccs3)[C@H]2c2ccc(F)cc2)no1. The number of hydrogen-bond donors (Lipinski definition) is 1. The number of hydrogen-bond acceptors (Lipinski definition) is 6. The van der Waals surface area contributed by atoms with Crippen LogP contribution in [0.5, 0.6) is 0 Å². The van der Waals surface area contributed by atoms with E-state index < -0.39 is 29.3 Å². The van der Waals surface area contributed by atoms with Gasteiger partial charge in [0.25, 0.3) is 5.91 Å². The first-order chi connectivity index (χ1) is 13.0. The third kappa shape index (κ3) is 2.83. The fraction of sp³-hybridized carbons (Fsp3) is 0.105. The van der Waals surface area contributed by atoms with E-state index >= 15 is 0 Å². The Labute approximate surface area is 157 Å². The van der Waals surface area contributed by atoms with Crippen LogP contribution in [-0.4, -0.2) is 22.0 Å². The summed E-state index contributed by atoms with van der Waals surface area (Å²) in [5, 5.41) is 16.1. The van der Waals surface area contributed by atoms with Gasteiger partial charge in [0.15, 0.2) is 11.6 Å². The molecule has 2 aromatic heterocycles. The van der Waals surface area contributed by atoms with Crippen LogP contribution in [-0.2, 0) is 4.79 Å². The molecule has 0 unspecified atom stereocenters. The summed E-state index contributed by atoms with van der Waals surface area (Å²) in [5.74, 6) is -1.71. The molecule has 0 saturated carbocycles. The highest BCUT2D eigenvalue weighted by Crippen LogP contribution is 2.42. The third-order valence-corrected chi connectivity index (χ3v) is 5.11. The van der Waals surface area contributed by atoms with Crippen LogP contribution in [0.3, 0.4) is 0 Å². The van der Waals surface area contributed by atoms with Gasteiger partial charge in [-0.05, 0) is 36.1 Å². The van der Waals surface area contributed by atoms with E-state index in [4.69, 9.17) is 4.52 Å². The summed E-state index contributed by atoms with van der Waals surface area (Å²) in [7, 11) is 0. The van der Waals surface area contributed by atoms with Gasteiger partial charge in [-0.3, -0.25) is 14.5 Å². The van der Waals surface area contributed by atoms with Gasteiger partial charge in [-0.15, -0.1) is 11.3 Å². The Morgan fingerprint density at radius 2 is 2.04 bits per heavy atom. The van der Waals surface area contributed by atoms with Gasteiger partial charge in [0.2, 0.25) is 5.78 Å². The van der Waals surface area contributed by atoms with E-state index in [1.165, 1.54) is 46.6 Å². The second kappa shape index (κ2) is 6.48. The van der Waals surface area contributed by atoms with E-state index in [0.717, 1.165) is 0 Å². The van der Waals surface area contributed by atoms with Gasteiger partial charge in [0.05, 0.1) is 16.5 Å². The molecule has 0 fully saturated rings. The van der Waals surface area contributed by atoms with E-state index in [2.05, 4.69) is 5.16 Å². The number of benzene rings is 1. The first-order valence-electron chi connectivity index (χ1n) is 8.01. The van der Waals surface area contributed by atoms with Gasteiger partial charge >= 0.3 is 0 Å². The second-order valence-electron chi connectivity index (χ2n) is 5.99. The molecule has 1 aliphatic heterocycles. The molecule has 0 bridgehead atoms. The molecule has 0 aliphatic carbocycles. The molecule has 1 amide bonds. The van der Waals surface area contributed by atoms with Crippen molar-refractivity contribution >= 4 is 28.8 Å². The number of ketones is 1. The fourth-order valence-corrected chi connectivity index (χ4v) is 3.72. The monoisotopic (exact) mass is 384 g/mol. The molecule has 1 N–H and O–H groups in total. The number of aliphatic hydroxyl groups excluding tert-OH is 1. The number of rotatable bonds is 4. The molecule has 1 aliphatic rings. The minimum absolute atomic E-state index is 0.0743. The van der Waals surface area contributed by atoms with E-state index in [1.807, 2.05) is 0 Å². The van der Waals surface area contributed by atoms with Gasteiger partial charge in [0, 0.05) is 6.07 Å². The number of nitrogens with zero attached hydrogens (tertiary/aromatic N) is 2. The normalized spacial score (nSPS) is 17.0. The number of Topliss-reactive ketones (excluding diaryl/α,β-unsaturated/α-hetero) is 1. The lowest BCUT2D eigenvalue weighted by Gasteiger charge is -2.24. The fourth-order valence-electron chi connectivity index (χ4n) is 3.04. The summed E-state index contributed by atoms with van der Waals surface area (Å²) >= 11 is 1.20. The molecule has 1 atom stereocenters. The van der Waals surface area contributed by atoms with Crippen molar-refractivity contribution in [1.82, 2.24) is 5.16 Å². The van der Waals surface area contributed by atoms with Crippen LogP contribution in [0.1, 0.15) is 27.0 Å². The summed E-state index contributed by atoms with van der Waals surface area (Å²) in [4.78, 5) is 27.3. The lowest BCUT2D eigenvalue weighted by atomic mass is 9.95. The zero-order chi connectivity index (χ0) is 19.1. The average Bonchev–Trinajstić information content (AvgIpc) is 3.37. The molecule has 0 spiro atoms. The number of carbonyl (C=O) groups excluding carboxylic acids is 2. The predicted molar refractivity (Wildman–Crippen MR) is 96.2 cm³/mol. The van der Waals surface area contributed by atoms with Crippen molar-refractivity contribution in [2.45, 2.75) is 13.0 Å². The van der Waals surface area contributed by atoms with Gasteiger partial charge in [-0.1, -0.05) is 23.4 Å². The van der Waals surface area contributed by atoms with Crippen molar-refractivity contribution in [1.29, 1.82) is 0 Å². The van der Waals surface area contributed by atoms with Gasteiger partial charge < -0.3 is 9.63 Å². The number of anilines is 1. The van der Waals surface area contributed by atoms with Crippen LogP contribution in [0.2, 0.25) is 0 Å². The highest BCUT2D eigenvalue weighted by molar-refractivity contribution is 7.12. The highest BCUT2D eigenvalue weighted by Gasteiger charge is 2.45. The van der Waals surface area contributed by atoms with E-state index in [0.29, 0.717) is 16.2 Å². The van der Waals surface area contributed by atoms with Crippen molar-refractivity contribution in [2.24, 2.45) is 0 Å². The first kappa shape index (κ1) is 17.2. The number of aliphatic hydroxyl groups is 1. The number of thiophene rings is 1. The zero-order valence-corrected chi connectivity index (χ0v) is 14.9. The number of aryl methyl sites for hydroxylation is 1. The zero-order valence-electron chi connectivity index (χ0n) is 14.0. The van der Waals surface area contributed by atoms with Crippen molar-refractivity contribution in [3.63, 3.8) is 0 Å². The van der Waals surface area contributed by atoms with Crippen LogP contribution in [0.4, 0.5) is 10.2 Å². The number of carbonyl (C=O) groups is 2. The van der Waals surface area contributed by atoms with Gasteiger partial charge in [-0.2, -0.15) is 0 Å². The van der Waals surface area contributed by atoms with Crippen LogP contribution in [0.25, 0.3) is 0 Å². The molecule has 3 heterocycles. The quantitative estimate of drug-likeness (QED) is 0.688. The number of halogens is 1. The van der Waals surface area contributed by atoms with Gasteiger partial charge in [0.1, 0.15) is 11.6 Å². The molecule has 136 valence electrons. The number of amides is 1. The smallest absolute Gasteiger partial charge is 0.295 e. The van der Waals surface area contributed by atoms with Crippen LogP contribution < -0.4 is 4.90 Å². The Balaban J connectivity index is 1.88. The lowest BCUT2D eigenvalue weighted by Crippen LogP contribution is -2.31. The maximum absolute atomic E-state index is 13.4. The minimum Gasteiger partial charge on any atom is -0.503 e. The Morgan fingerprint density at radius 1 is 1.30 bits per heavy atom. The van der Waals surface area contributed by atoms with E-state index in [-0.39, 0.29) is 11.4 Å². The van der Waals surface area contributed by atoms with E-state index in [9.17, 15) is 19.1 Å². The van der Waals surface area contributed by atoms with Crippen LogP contribution in [0, 0.1) is 12.7 Å². The highest BCUT2D eigenvalue weighted by atomic mass is 32.1. The molecular weight excluding hydrogens is 371 g/mol. The maximum Gasteiger partial charge on any atom is 0.295 e. The Morgan fingerprint density at radius 3 is 2.63 bits per heavy atom. The molecular formula is C19H13FN2O4S. The largest absolute Gasteiger partial charge is 0.503 e. The lowest BCUT2D eigenvalue weighted by molar-refractivity contribution is -0.117. The number of aromatic nitrogens is 1. The summed E-state index contributed by atoms with van der Waals surface area (Å²) in [6.07, 6.45) is 0. The molecule has 3 aromatic rings. The molecule has 4 rings (SSSR count). The van der Waals surface area contributed by atoms with Crippen LogP contribution >= 0.6 is 11.3 Å². The van der Waals surface area contributed by atoms with Crippen molar-refractivity contribution < 1.29 is 23.6 Å². The third-order valence-electron chi connectivity index (χ3n) is 4.25. The second-order valence-corrected chi connectivity index (χ2v) is 6.94. The molecule has 0 saturated heterocycles. The van der Waals surface area contributed by atoms with Crippen molar-refractivity contribution in [2.75, 3.05) is 4.90 Å². The molecule has 27 heavy (non-hydrogen) atoms. The van der Waals surface area contributed by atoms with E-state index in [1.54, 1.807) is 24.4 Å². The Hall–Kier alpha value is -3.26. The average molecular weight is 384 g/mol. The van der Waals surface area contributed by atoms with Gasteiger partial charge in [-0.25, -0.2) is 4.39 Å². The maximum atomic E-state index is 13.4. The summed E-state index contributed by atoms with van der Waals surface area (Å²) in [5.41, 5.74) is 0.393. The molecule has 1 aromatic carbocycles. The standard InChI is InChI=1S/C19H13FN2O4S/c1-10-9-14(21-26-10)22-16(11-4-6-12(20)7-5-11)15(18(24)19(22)25)17(23)13-3-2-8-27-13/h2-9,16,24H,1H3/t16-/m1/s1. The van der Waals surface area contributed by atoms with Crippen molar-refractivity contribution in [3.8, 4) is 0 Å².